The van der Waals surface area contributed by atoms with Gasteiger partial charge in [-0.2, -0.15) is 0 Å². The van der Waals surface area contributed by atoms with Crippen molar-refractivity contribution in [2.75, 3.05) is 5.75 Å². The summed E-state index contributed by atoms with van der Waals surface area (Å²) >= 11 is 13.5. The Bertz CT molecular complexity index is 466. The van der Waals surface area contributed by atoms with Gasteiger partial charge in [-0.15, -0.1) is 28.3 Å². The largest absolute Gasteiger partial charge is 0.344 e. The van der Waals surface area contributed by atoms with Crippen LogP contribution in [-0.4, -0.2) is 24.9 Å². The molecule has 4 nitrogen and oxygen atoms in total. The topological polar surface area (TPSA) is 50.7 Å². The predicted molar refractivity (Wildman–Crippen MR) is 64.4 cm³/mol. The molecular formula is C9H11Cl2N3OS. The van der Waals surface area contributed by atoms with Gasteiger partial charge in [-0.3, -0.25) is 4.57 Å². The highest BCUT2D eigenvalue weighted by Crippen LogP contribution is 2.54. The number of halogens is 2. The van der Waals surface area contributed by atoms with Gasteiger partial charge >= 0.3 is 5.69 Å². The SMILES string of the molecule is O=c1[nH]nc(SC[C@@H]2CC2(Cl)Cl)n1C1CC1. The summed E-state index contributed by atoms with van der Waals surface area (Å²) in [7, 11) is 0. The average Bonchev–Trinajstić information content (AvgIpc) is 3.09. The lowest BCUT2D eigenvalue weighted by atomic mass is 10.5. The minimum absolute atomic E-state index is 0.108. The third-order valence-electron chi connectivity index (χ3n) is 2.95. The van der Waals surface area contributed by atoms with Gasteiger partial charge in [-0.25, -0.2) is 9.89 Å². The van der Waals surface area contributed by atoms with Crippen molar-refractivity contribution in [3.05, 3.63) is 10.5 Å². The van der Waals surface area contributed by atoms with Gasteiger partial charge in [0, 0.05) is 17.7 Å². The molecule has 1 aromatic heterocycles. The second-order valence-corrected chi connectivity index (χ2v) is 6.92. The maximum atomic E-state index is 11.5. The van der Waals surface area contributed by atoms with Crippen LogP contribution < -0.4 is 5.69 Å². The molecule has 1 aromatic rings. The molecule has 16 heavy (non-hydrogen) atoms. The third kappa shape index (κ3) is 2.00. The second kappa shape index (κ2) is 3.68. The van der Waals surface area contributed by atoms with Crippen LogP contribution in [0.1, 0.15) is 25.3 Å². The summed E-state index contributed by atoms with van der Waals surface area (Å²) in [5, 5.41) is 7.29. The van der Waals surface area contributed by atoms with Crippen LogP contribution in [0.2, 0.25) is 0 Å². The highest BCUT2D eigenvalue weighted by Gasteiger charge is 2.51. The first-order valence-corrected chi connectivity index (χ1v) is 6.99. The van der Waals surface area contributed by atoms with Crippen LogP contribution in [-0.2, 0) is 0 Å². The van der Waals surface area contributed by atoms with Crippen LogP contribution in [0.25, 0.3) is 0 Å². The quantitative estimate of drug-likeness (QED) is 0.679. The van der Waals surface area contributed by atoms with E-state index in [4.69, 9.17) is 23.2 Å². The van der Waals surface area contributed by atoms with Gasteiger partial charge in [0.05, 0.1) is 0 Å². The maximum absolute atomic E-state index is 11.5. The molecule has 0 aromatic carbocycles. The minimum Gasteiger partial charge on any atom is -0.267 e. The number of rotatable bonds is 4. The van der Waals surface area contributed by atoms with E-state index in [0.29, 0.717) is 12.0 Å². The minimum atomic E-state index is -0.548. The van der Waals surface area contributed by atoms with E-state index in [1.54, 1.807) is 16.3 Å². The number of hydrogen-bond donors (Lipinski definition) is 1. The number of aromatic amines is 1. The van der Waals surface area contributed by atoms with Crippen LogP contribution in [0.5, 0.6) is 0 Å². The summed E-state index contributed by atoms with van der Waals surface area (Å²) in [4.78, 5) is 11.5. The maximum Gasteiger partial charge on any atom is 0.344 e. The number of nitrogens with one attached hydrogen (secondary N) is 1. The van der Waals surface area contributed by atoms with Crippen LogP contribution in [0, 0.1) is 5.92 Å². The molecule has 3 rings (SSSR count). The molecule has 1 atom stereocenters. The standard InChI is InChI=1S/C9H11Cl2N3OS/c10-9(11)3-5(9)4-16-8-13-12-7(15)14(8)6-1-2-6/h5-6H,1-4H2,(H,12,15)/t5-/m0/s1. The first-order valence-electron chi connectivity index (χ1n) is 5.25. The molecule has 0 spiro atoms. The number of alkyl halides is 2. The molecule has 0 amide bonds. The van der Waals surface area contributed by atoms with Gasteiger partial charge in [0.25, 0.3) is 0 Å². The molecule has 0 radical (unpaired) electrons. The lowest BCUT2D eigenvalue weighted by molar-refractivity contribution is 0.642. The number of nitrogens with zero attached hydrogens (tertiary/aromatic N) is 2. The van der Waals surface area contributed by atoms with E-state index in [0.717, 1.165) is 30.2 Å². The smallest absolute Gasteiger partial charge is 0.267 e. The number of hydrogen-bond acceptors (Lipinski definition) is 3. The Hall–Kier alpha value is -0.130. The molecule has 2 aliphatic carbocycles. The summed E-state index contributed by atoms with van der Waals surface area (Å²) in [5.41, 5.74) is -0.108. The van der Waals surface area contributed by atoms with Crippen molar-refractivity contribution < 1.29 is 0 Å². The van der Waals surface area contributed by atoms with E-state index >= 15 is 0 Å². The van der Waals surface area contributed by atoms with Crippen molar-refractivity contribution in [3.63, 3.8) is 0 Å². The monoisotopic (exact) mass is 279 g/mol. The second-order valence-electron chi connectivity index (χ2n) is 4.39. The Morgan fingerprint density at radius 1 is 1.56 bits per heavy atom. The molecular weight excluding hydrogens is 269 g/mol. The summed E-state index contributed by atoms with van der Waals surface area (Å²) < 4.78 is 1.20. The summed E-state index contributed by atoms with van der Waals surface area (Å²) in [6.07, 6.45) is 2.98. The Morgan fingerprint density at radius 2 is 2.25 bits per heavy atom. The lowest BCUT2D eigenvalue weighted by Crippen LogP contribution is -2.16. The molecule has 0 bridgehead atoms. The van der Waals surface area contributed by atoms with Crippen molar-refractivity contribution in [1.82, 2.24) is 14.8 Å². The van der Waals surface area contributed by atoms with Crippen molar-refractivity contribution in [2.45, 2.75) is 34.8 Å². The van der Waals surface area contributed by atoms with Crippen molar-refractivity contribution in [2.24, 2.45) is 5.92 Å². The van der Waals surface area contributed by atoms with Crippen LogP contribution in [0.15, 0.2) is 9.95 Å². The van der Waals surface area contributed by atoms with Gasteiger partial charge < -0.3 is 0 Å². The Balaban J connectivity index is 1.68. The molecule has 0 aliphatic heterocycles. The van der Waals surface area contributed by atoms with Crippen LogP contribution in [0.4, 0.5) is 0 Å². The summed E-state index contributed by atoms with van der Waals surface area (Å²) in [5.74, 6) is 1.14. The fourth-order valence-corrected chi connectivity index (χ4v) is 3.62. The van der Waals surface area contributed by atoms with Crippen LogP contribution in [0.3, 0.4) is 0 Å². The van der Waals surface area contributed by atoms with Gasteiger partial charge in [-0.05, 0) is 19.3 Å². The molecule has 0 unspecified atom stereocenters. The number of H-pyrrole nitrogens is 1. The Morgan fingerprint density at radius 3 is 2.81 bits per heavy atom. The normalized spacial score (nSPS) is 27.0. The lowest BCUT2D eigenvalue weighted by Gasteiger charge is -2.02. The molecule has 2 saturated carbocycles. The third-order valence-corrected chi connectivity index (χ3v) is 4.99. The van der Waals surface area contributed by atoms with E-state index < -0.39 is 4.33 Å². The predicted octanol–water partition coefficient (Wildman–Crippen LogP) is 2.19. The van der Waals surface area contributed by atoms with Crippen LogP contribution >= 0.6 is 35.0 Å². The van der Waals surface area contributed by atoms with E-state index in [2.05, 4.69) is 10.2 Å². The Labute approximate surface area is 107 Å². The van der Waals surface area contributed by atoms with E-state index in [1.165, 1.54) is 0 Å². The zero-order chi connectivity index (χ0) is 11.3. The first kappa shape index (κ1) is 11.0. The molecule has 2 aliphatic rings. The highest BCUT2D eigenvalue weighted by molar-refractivity contribution is 7.99. The zero-order valence-electron chi connectivity index (χ0n) is 8.45. The molecule has 88 valence electrons. The van der Waals surface area contributed by atoms with Gasteiger partial charge in [0.2, 0.25) is 0 Å². The van der Waals surface area contributed by atoms with Gasteiger partial charge in [-0.1, -0.05) is 11.8 Å². The average molecular weight is 280 g/mol. The van der Waals surface area contributed by atoms with Crippen molar-refractivity contribution >= 4 is 35.0 Å². The summed E-state index contributed by atoms with van der Waals surface area (Å²) in [6, 6.07) is 0.352. The highest BCUT2D eigenvalue weighted by atomic mass is 35.5. The molecule has 0 saturated heterocycles. The molecule has 7 heteroatoms. The summed E-state index contributed by atoms with van der Waals surface area (Å²) in [6.45, 7) is 0. The fraction of sp³-hybridized carbons (Fsp3) is 0.778. The van der Waals surface area contributed by atoms with Crippen molar-refractivity contribution in [1.29, 1.82) is 0 Å². The van der Waals surface area contributed by atoms with E-state index in [1.807, 2.05) is 0 Å². The van der Waals surface area contributed by atoms with Crippen molar-refractivity contribution in [3.8, 4) is 0 Å². The number of aromatic nitrogens is 3. The van der Waals surface area contributed by atoms with Gasteiger partial charge in [0.1, 0.15) is 4.33 Å². The molecule has 1 heterocycles. The zero-order valence-corrected chi connectivity index (χ0v) is 10.8. The molecule has 1 N–H and O–H groups in total. The Kier molecular flexibility index (Phi) is 2.53. The number of thioether (sulfide) groups is 1. The fourth-order valence-electron chi connectivity index (χ4n) is 1.67. The molecule has 2 fully saturated rings. The van der Waals surface area contributed by atoms with E-state index in [9.17, 15) is 4.79 Å². The first-order chi connectivity index (χ1) is 7.58. The van der Waals surface area contributed by atoms with Gasteiger partial charge in [0.15, 0.2) is 5.16 Å². The van der Waals surface area contributed by atoms with E-state index in [-0.39, 0.29) is 5.69 Å².